The molecule has 3 fully saturated rings. The summed E-state index contributed by atoms with van der Waals surface area (Å²) in [4.78, 5) is 37.5. The predicted octanol–water partition coefficient (Wildman–Crippen LogP) is 5.36. The first-order valence-corrected chi connectivity index (χ1v) is 22.0. The average molecular weight is 788 g/mol. The van der Waals surface area contributed by atoms with E-state index >= 15 is 0 Å². The van der Waals surface area contributed by atoms with Crippen molar-refractivity contribution in [1.82, 2.24) is 5.32 Å². The topological polar surface area (TPSA) is 161 Å². The molecule has 0 aromatic rings. The van der Waals surface area contributed by atoms with Gasteiger partial charge in [0.2, 0.25) is 0 Å². The second-order valence-electron chi connectivity index (χ2n) is 15.4. The fraction of sp³-hybridized carbons (Fsp3) is 0.868. The Morgan fingerprint density at radius 1 is 1.00 bits per heavy atom. The number of hydrogen-bond donors (Lipinski definition) is 2. The van der Waals surface area contributed by atoms with Crippen molar-refractivity contribution < 1.29 is 57.4 Å². The molecule has 5 aliphatic rings. The van der Waals surface area contributed by atoms with E-state index in [0.29, 0.717) is 70.4 Å². The van der Waals surface area contributed by atoms with Gasteiger partial charge in [0.15, 0.2) is 18.0 Å². The minimum atomic E-state index is -1.53. The highest BCUT2D eigenvalue weighted by Gasteiger charge is 2.83. The molecule has 302 valence electrons. The third kappa shape index (κ3) is 8.87. The Kier molecular flexibility index (Phi) is 14.9. The lowest BCUT2D eigenvalue weighted by molar-refractivity contribution is -0.326. The highest BCUT2D eigenvalue weighted by Crippen LogP contribution is 2.69. The molecule has 15 heteroatoms. The van der Waals surface area contributed by atoms with Crippen LogP contribution in [0.5, 0.6) is 0 Å². The fourth-order valence-electron chi connectivity index (χ4n) is 8.99. The number of carbonyl (C=O) groups excluding carboxylic acids is 3. The molecule has 1 unspecified atom stereocenters. The van der Waals surface area contributed by atoms with E-state index in [-0.39, 0.29) is 50.1 Å². The zero-order valence-corrected chi connectivity index (χ0v) is 34.0. The molecule has 1 amide bonds. The third-order valence-corrected chi connectivity index (χ3v) is 14.8. The van der Waals surface area contributed by atoms with E-state index in [4.69, 9.17) is 37.9 Å². The van der Waals surface area contributed by atoms with Crippen molar-refractivity contribution in [3.8, 4) is 0 Å². The molecule has 1 saturated carbocycles. The Morgan fingerprint density at radius 2 is 1.70 bits per heavy atom. The van der Waals surface area contributed by atoms with Gasteiger partial charge in [-0.15, -0.1) is 0 Å². The minimum Gasteiger partial charge on any atom is -0.463 e. The smallest absolute Gasteiger partial charge is 0.407 e. The van der Waals surface area contributed by atoms with Gasteiger partial charge in [0.05, 0.1) is 39.6 Å². The molecule has 2 aliphatic carbocycles. The van der Waals surface area contributed by atoms with Gasteiger partial charge in [0.1, 0.15) is 24.4 Å². The van der Waals surface area contributed by atoms with Crippen LogP contribution < -0.4 is 5.32 Å². The summed E-state index contributed by atoms with van der Waals surface area (Å²) in [5.41, 5.74) is -2.36. The summed E-state index contributed by atoms with van der Waals surface area (Å²) < 4.78 is 46.3. The number of amides is 1. The van der Waals surface area contributed by atoms with Gasteiger partial charge in [-0.25, -0.2) is 9.59 Å². The molecule has 0 aromatic carbocycles. The van der Waals surface area contributed by atoms with Crippen molar-refractivity contribution in [2.24, 2.45) is 17.3 Å². The van der Waals surface area contributed by atoms with Gasteiger partial charge < -0.3 is 48.3 Å². The Bertz CT molecular complexity index is 1320. The number of nitrogens with one attached hydrogen (secondary N) is 1. The lowest BCUT2D eigenvalue weighted by Gasteiger charge is -2.65. The van der Waals surface area contributed by atoms with Crippen molar-refractivity contribution in [2.75, 3.05) is 65.7 Å². The zero-order valence-electron chi connectivity index (χ0n) is 32.4. The maximum atomic E-state index is 13.2. The molecule has 0 spiro atoms. The zero-order chi connectivity index (χ0) is 38.3. The number of alkyl carbamates (subject to hydrolysis) is 1. The van der Waals surface area contributed by atoms with Gasteiger partial charge in [-0.2, -0.15) is 0 Å². The molecule has 2 saturated heterocycles. The molecule has 0 aromatic heterocycles. The number of esters is 2. The fourth-order valence-corrected chi connectivity index (χ4v) is 11.2. The van der Waals surface area contributed by atoms with Crippen molar-refractivity contribution in [1.29, 1.82) is 0 Å². The Morgan fingerprint density at radius 3 is 2.38 bits per heavy atom. The minimum absolute atomic E-state index is 0.000437. The molecule has 5 rings (SSSR count). The molecule has 13 nitrogen and oxygen atoms in total. The van der Waals surface area contributed by atoms with Crippen LogP contribution in [0.2, 0.25) is 0 Å². The summed E-state index contributed by atoms with van der Waals surface area (Å²) in [6, 6.07) is 0. The highest BCUT2D eigenvalue weighted by molar-refractivity contribution is 8.76. The molecule has 0 radical (unpaired) electrons. The maximum Gasteiger partial charge on any atom is 0.407 e. The summed E-state index contributed by atoms with van der Waals surface area (Å²) >= 11 is 0. The van der Waals surface area contributed by atoms with Crippen LogP contribution in [0.1, 0.15) is 92.4 Å². The lowest BCUT2D eigenvalue weighted by atomic mass is 9.46. The van der Waals surface area contributed by atoms with Crippen LogP contribution in [-0.4, -0.2) is 123 Å². The number of unbranched alkanes of at least 4 members (excludes halogenated alkanes) is 1. The maximum absolute atomic E-state index is 13.2. The van der Waals surface area contributed by atoms with Gasteiger partial charge in [-0.1, -0.05) is 55.7 Å². The number of ether oxygens (including phenoxy) is 8. The average Bonchev–Trinajstić information content (AvgIpc) is 3.74. The number of rotatable bonds is 22. The van der Waals surface area contributed by atoms with Crippen LogP contribution in [0.3, 0.4) is 0 Å². The summed E-state index contributed by atoms with van der Waals surface area (Å²) in [6.07, 6.45) is 6.54. The van der Waals surface area contributed by atoms with Gasteiger partial charge in [-0.05, 0) is 75.5 Å². The Labute approximate surface area is 322 Å². The van der Waals surface area contributed by atoms with Crippen molar-refractivity contribution in [2.45, 2.75) is 127 Å². The Hall–Kier alpha value is -1.59. The van der Waals surface area contributed by atoms with E-state index in [1.54, 1.807) is 10.8 Å². The van der Waals surface area contributed by atoms with Gasteiger partial charge in [-0.3, -0.25) is 4.79 Å². The molecule has 8 atom stereocenters. The molecule has 53 heavy (non-hydrogen) atoms. The van der Waals surface area contributed by atoms with E-state index < -0.39 is 40.7 Å². The molecule has 0 bridgehead atoms. The van der Waals surface area contributed by atoms with Gasteiger partial charge in [0, 0.05) is 29.2 Å². The Balaban J connectivity index is 0.958. The quantitative estimate of drug-likeness (QED) is 0.0475. The molecular formula is C38H61NO12S2. The van der Waals surface area contributed by atoms with E-state index in [2.05, 4.69) is 25.4 Å². The second-order valence-corrected chi connectivity index (χ2v) is 18.2. The van der Waals surface area contributed by atoms with Crippen LogP contribution in [0, 0.1) is 17.3 Å². The highest BCUT2D eigenvalue weighted by atomic mass is 33.1. The van der Waals surface area contributed by atoms with Crippen LogP contribution in [0.25, 0.3) is 0 Å². The predicted molar refractivity (Wildman–Crippen MR) is 200 cm³/mol. The SMILES string of the molecule is CCC(CCCCC(=O)OCCOCCOCCOCCNC(=O)O[C@@H]1[C@@]2(C(C)C)O[C@H]2O[C@]2(C)[C@@]3(C)CCC4=C(COC4=O)[C@@H]3CC[C@@]12O)SSC. The largest absolute Gasteiger partial charge is 0.463 e. The first kappa shape index (κ1) is 42.6. The summed E-state index contributed by atoms with van der Waals surface area (Å²) in [7, 11) is 3.70. The number of epoxide rings is 1. The van der Waals surface area contributed by atoms with E-state index in [1.807, 2.05) is 31.6 Å². The summed E-state index contributed by atoms with van der Waals surface area (Å²) in [5, 5.41) is 16.0. The van der Waals surface area contributed by atoms with Gasteiger partial charge in [0.25, 0.3) is 0 Å². The lowest BCUT2D eigenvalue weighted by Crippen LogP contribution is -2.78. The molecule has 3 aliphatic heterocycles. The molecule has 2 N–H and O–H groups in total. The number of hydrogen-bond acceptors (Lipinski definition) is 14. The van der Waals surface area contributed by atoms with Crippen LogP contribution in [0.4, 0.5) is 4.79 Å². The van der Waals surface area contributed by atoms with Gasteiger partial charge >= 0.3 is 18.0 Å². The van der Waals surface area contributed by atoms with E-state index in [0.717, 1.165) is 36.8 Å². The van der Waals surface area contributed by atoms with Crippen molar-refractivity contribution in [3.05, 3.63) is 11.1 Å². The number of cyclic esters (lactones) is 1. The number of carbonyl (C=O) groups is 3. The normalized spacial score (nSPS) is 33.4. The first-order chi connectivity index (χ1) is 25.4. The van der Waals surface area contributed by atoms with Crippen molar-refractivity contribution >= 4 is 39.6 Å². The summed E-state index contributed by atoms with van der Waals surface area (Å²) in [5.74, 6) is -0.515. The second kappa shape index (κ2) is 18.6. The van der Waals surface area contributed by atoms with Crippen LogP contribution in [-0.2, 0) is 47.5 Å². The summed E-state index contributed by atoms with van der Waals surface area (Å²) in [6.45, 7) is 12.9. The van der Waals surface area contributed by atoms with E-state index in [1.165, 1.54) is 0 Å². The third-order valence-electron chi connectivity index (χ3n) is 12.3. The van der Waals surface area contributed by atoms with E-state index in [9.17, 15) is 19.5 Å². The monoisotopic (exact) mass is 787 g/mol. The molecule has 3 heterocycles. The molecular weight excluding hydrogens is 727 g/mol. The number of fused-ring (bicyclic) bond motifs is 5. The van der Waals surface area contributed by atoms with Crippen LogP contribution >= 0.6 is 21.6 Å². The standard InChI is InChI=1S/C38H61NO12S2/c1-7-26(53-52-6)10-8-9-11-30(40)47-23-22-46-21-20-45-19-18-44-17-16-39-34(42)49-32-37(43)15-13-29-28-24-48-31(41)27(28)12-14-35(29,4)36(37,5)50-33-38(32,51-33)25(2)3/h25-26,29,32-33,43H,7-24H2,1-6H3,(H,39,42)/t26?,29-,32-,33+,35-,36+,37+,38+/m0/s1. The first-order valence-electron chi connectivity index (χ1n) is 19.4. The number of aliphatic hydroxyl groups is 1. The van der Waals surface area contributed by atoms with Crippen molar-refractivity contribution in [3.63, 3.8) is 0 Å². The van der Waals surface area contributed by atoms with Crippen LogP contribution in [0.15, 0.2) is 11.1 Å².